The molecule has 0 aliphatic carbocycles. The number of nitrogens with one attached hydrogen (secondary N) is 1. The van der Waals surface area contributed by atoms with Crippen LogP contribution in [0.4, 0.5) is 0 Å². The highest BCUT2D eigenvalue weighted by molar-refractivity contribution is 5.84. The molecular weight excluding hydrogens is 248 g/mol. The van der Waals surface area contributed by atoms with Crippen molar-refractivity contribution in [2.45, 2.75) is 45.8 Å². The van der Waals surface area contributed by atoms with Crippen LogP contribution >= 0.6 is 0 Å². The normalized spacial score (nSPS) is 13.4. The zero-order chi connectivity index (χ0) is 14.6. The first-order valence-electron chi connectivity index (χ1n) is 7.25. The molecule has 0 fully saturated rings. The summed E-state index contributed by atoms with van der Waals surface area (Å²) in [5, 5.41) is 4.57. The molecule has 3 heteroatoms. The van der Waals surface area contributed by atoms with E-state index >= 15 is 0 Å². The van der Waals surface area contributed by atoms with E-state index in [1.807, 2.05) is 30.5 Å². The van der Waals surface area contributed by atoms with Gasteiger partial charge in [-0.15, -0.1) is 0 Å². The lowest BCUT2D eigenvalue weighted by molar-refractivity contribution is 0.183. The first kappa shape index (κ1) is 14.8. The van der Waals surface area contributed by atoms with E-state index in [-0.39, 0.29) is 11.6 Å². The molecule has 0 aliphatic heterocycles. The Morgan fingerprint density at radius 2 is 2.00 bits per heavy atom. The molecule has 1 N–H and O–H groups in total. The van der Waals surface area contributed by atoms with E-state index < -0.39 is 0 Å². The highest BCUT2D eigenvalue weighted by Crippen LogP contribution is 2.25. The predicted octanol–water partition coefficient (Wildman–Crippen LogP) is 3.78. The van der Waals surface area contributed by atoms with Crippen LogP contribution in [0, 0.1) is 0 Å². The van der Waals surface area contributed by atoms with Crippen molar-refractivity contribution in [3.05, 3.63) is 36.5 Å². The summed E-state index contributed by atoms with van der Waals surface area (Å²) in [5.41, 5.74) is 1.08. The van der Waals surface area contributed by atoms with Gasteiger partial charge in [-0.25, -0.2) is 0 Å². The molecule has 1 aromatic carbocycles. The Morgan fingerprint density at radius 3 is 2.70 bits per heavy atom. The number of hydrogen-bond donors (Lipinski definition) is 1. The molecule has 1 aromatic heterocycles. The van der Waals surface area contributed by atoms with Gasteiger partial charge in [0.1, 0.15) is 11.9 Å². The first-order valence-corrected chi connectivity index (χ1v) is 7.25. The topological polar surface area (TPSA) is 34.1 Å². The van der Waals surface area contributed by atoms with E-state index in [1.54, 1.807) is 0 Å². The van der Waals surface area contributed by atoms with Crippen molar-refractivity contribution in [2.24, 2.45) is 0 Å². The van der Waals surface area contributed by atoms with E-state index in [0.717, 1.165) is 29.6 Å². The zero-order valence-corrected chi connectivity index (χ0v) is 12.8. The van der Waals surface area contributed by atoms with Crippen LogP contribution in [0.5, 0.6) is 5.75 Å². The van der Waals surface area contributed by atoms with Crippen LogP contribution in [0.2, 0.25) is 0 Å². The number of ether oxygens (including phenoxy) is 1. The average molecular weight is 272 g/mol. The summed E-state index contributed by atoms with van der Waals surface area (Å²) >= 11 is 0. The largest absolute Gasteiger partial charge is 0.488 e. The molecule has 0 bridgehead atoms. The number of benzene rings is 1. The summed E-state index contributed by atoms with van der Waals surface area (Å²) in [7, 11) is 0. The predicted molar refractivity (Wildman–Crippen MR) is 84.2 cm³/mol. The maximum Gasteiger partial charge on any atom is 0.129 e. The molecule has 0 saturated heterocycles. The minimum atomic E-state index is 0.108. The van der Waals surface area contributed by atoms with E-state index in [2.05, 4.69) is 44.1 Å². The van der Waals surface area contributed by atoms with Crippen molar-refractivity contribution in [3.63, 3.8) is 0 Å². The van der Waals surface area contributed by atoms with Crippen molar-refractivity contribution in [3.8, 4) is 5.75 Å². The van der Waals surface area contributed by atoms with Gasteiger partial charge in [0.15, 0.2) is 0 Å². The quantitative estimate of drug-likeness (QED) is 0.899. The number of aromatic nitrogens is 1. The van der Waals surface area contributed by atoms with Gasteiger partial charge in [0.25, 0.3) is 0 Å². The van der Waals surface area contributed by atoms with E-state index in [0.29, 0.717) is 0 Å². The maximum atomic E-state index is 6.17. The van der Waals surface area contributed by atoms with Crippen LogP contribution < -0.4 is 10.1 Å². The second kappa shape index (κ2) is 6.23. The third-order valence-corrected chi connectivity index (χ3v) is 3.21. The van der Waals surface area contributed by atoms with Gasteiger partial charge in [-0.05, 0) is 51.5 Å². The Kier molecular flexibility index (Phi) is 4.61. The Balaban J connectivity index is 2.13. The minimum absolute atomic E-state index is 0.108. The smallest absolute Gasteiger partial charge is 0.129 e. The van der Waals surface area contributed by atoms with Gasteiger partial charge in [-0.2, -0.15) is 0 Å². The number of fused-ring (bicyclic) bond motifs is 1. The van der Waals surface area contributed by atoms with Crippen molar-refractivity contribution < 1.29 is 4.74 Å². The van der Waals surface area contributed by atoms with Gasteiger partial charge in [0.2, 0.25) is 0 Å². The Labute approximate surface area is 121 Å². The fraction of sp³-hybridized carbons (Fsp3) is 0.471. The van der Waals surface area contributed by atoms with Crippen LogP contribution in [0.3, 0.4) is 0 Å². The van der Waals surface area contributed by atoms with Crippen LogP contribution in [-0.4, -0.2) is 23.2 Å². The van der Waals surface area contributed by atoms with Crippen molar-refractivity contribution in [1.29, 1.82) is 0 Å². The highest BCUT2D eigenvalue weighted by atomic mass is 16.5. The number of rotatable bonds is 5. The van der Waals surface area contributed by atoms with Gasteiger partial charge < -0.3 is 10.1 Å². The lowest BCUT2D eigenvalue weighted by Crippen LogP contribution is -2.42. The van der Waals surface area contributed by atoms with Gasteiger partial charge in [-0.1, -0.05) is 13.0 Å². The molecule has 0 radical (unpaired) electrons. The maximum absolute atomic E-state index is 6.17. The Bertz CT molecular complexity index is 555. The van der Waals surface area contributed by atoms with Crippen LogP contribution in [0.25, 0.3) is 10.9 Å². The fourth-order valence-electron chi connectivity index (χ4n) is 2.05. The summed E-state index contributed by atoms with van der Waals surface area (Å²) in [6.45, 7) is 9.50. The molecule has 1 atom stereocenters. The van der Waals surface area contributed by atoms with Gasteiger partial charge in [-0.3, -0.25) is 4.98 Å². The van der Waals surface area contributed by atoms with Gasteiger partial charge >= 0.3 is 0 Å². The van der Waals surface area contributed by atoms with Crippen LogP contribution in [0.1, 0.15) is 34.1 Å². The molecule has 3 nitrogen and oxygen atoms in total. The minimum Gasteiger partial charge on any atom is -0.488 e. The van der Waals surface area contributed by atoms with Crippen LogP contribution in [0.15, 0.2) is 36.5 Å². The molecular formula is C17H24N2O. The molecule has 20 heavy (non-hydrogen) atoms. The summed E-state index contributed by atoms with van der Waals surface area (Å²) in [6.07, 6.45) is 2.95. The SMILES string of the molecule is CCC(CNC(C)(C)C)Oc1cccc2ncccc12. The first-order chi connectivity index (χ1) is 9.49. The summed E-state index contributed by atoms with van der Waals surface area (Å²) in [5.74, 6) is 0.915. The van der Waals surface area contributed by atoms with Crippen LogP contribution in [-0.2, 0) is 0 Å². The third kappa shape index (κ3) is 3.94. The number of nitrogens with zero attached hydrogens (tertiary/aromatic N) is 1. The Hall–Kier alpha value is -1.61. The molecule has 0 amide bonds. The highest BCUT2D eigenvalue weighted by Gasteiger charge is 2.15. The van der Waals surface area contributed by atoms with E-state index in [4.69, 9.17) is 4.74 Å². The van der Waals surface area contributed by atoms with Crippen molar-refractivity contribution in [2.75, 3.05) is 6.54 Å². The number of pyridine rings is 1. The average Bonchev–Trinajstić information content (AvgIpc) is 2.42. The fourth-order valence-corrected chi connectivity index (χ4v) is 2.05. The third-order valence-electron chi connectivity index (χ3n) is 3.21. The molecule has 0 saturated carbocycles. The molecule has 1 unspecified atom stereocenters. The zero-order valence-electron chi connectivity index (χ0n) is 12.8. The summed E-state index contributed by atoms with van der Waals surface area (Å²) in [4.78, 5) is 4.36. The van der Waals surface area contributed by atoms with E-state index in [9.17, 15) is 0 Å². The van der Waals surface area contributed by atoms with Gasteiger partial charge in [0, 0.05) is 23.7 Å². The standard InChI is InChI=1S/C17H24N2O/c1-5-13(12-19-17(2,3)4)20-16-10-6-9-15-14(16)8-7-11-18-15/h6-11,13,19H,5,12H2,1-4H3. The lowest BCUT2D eigenvalue weighted by atomic mass is 10.1. The second-order valence-corrected chi connectivity index (χ2v) is 6.11. The van der Waals surface area contributed by atoms with Crippen molar-refractivity contribution in [1.82, 2.24) is 10.3 Å². The molecule has 0 aliphatic rings. The Morgan fingerprint density at radius 1 is 1.20 bits per heavy atom. The molecule has 1 heterocycles. The molecule has 108 valence electrons. The molecule has 0 spiro atoms. The molecule has 2 rings (SSSR count). The summed E-state index contributed by atoms with van der Waals surface area (Å²) in [6, 6.07) is 10.0. The monoisotopic (exact) mass is 272 g/mol. The summed E-state index contributed by atoms with van der Waals surface area (Å²) < 4.78 is 6.17. The van der Waals surface area contributed by atoms with Gasteiger partial charge in [0.05, 0.1) is 5.52 Å². The van der Waals surface area contributed by atoms with E-state index in [1.165, 1.54) is 0 Å². The second-order valence-electron chi connectivity index (χ2n) is 6.11. The lowest BCUT2D eigenvalue weighted by Gasteiger charge is -2.25. The van der Waals surface area contributed by atoms with Crippen molar-refractivity contribution >= 4 is 10.9 Å². The molecule has 2 aromatic rings. The number of hydrogen-bond acceptors (Lipinski definition) is 3.